The molecule has 182 valence electrons. The zero-order valence-corrected chi connectivity index (χ0v) is 22.6. The maximum absolute atomic E-state index is 10.3. The van der Waals surface area contributed by atoms with E-state index in [-0.39, 0.29) is 22.9 Å². The van der Waals surface area contributed by atoms with Crippen LogP contribution in [0.25, 0.3) is 0 Å². The van der Waals surface area contributed by atoms with E-state index in [0.717, 1.165) is 0 Å². The van der Waals surface area contributed by atoms with Crippen molar-refractivity contribution in [2.24, 2.45) is 5.73 Å². The third-order valence-electron chi connectivity index (χ3n) is 5.45. The number of carbonyl (C=O) groups is 1. The smallest absolute Gasteiger partial charge is 0.245 e. The van der Waals surface area contributed by atoms with E-state index >= 15 is 0 Å². The quantitative estimate of drug-likeness (QED) is 0.146. The molecule has 0 aromatic rings. The third kappa shape index (κ3) is 29.8. The Balaban J connectivity index is -0.000000779. The number of unbranched alkanes of at least 4 members (excludes halogenated alkanes) is 14. The SMILES string of the molecule is Br.C=CC(=O)N(C)C.CCCCCCCCCCCCCCCCCC(N)CCC. The maximum atomic E-state index is 10.3. The molecule has 3 nitrogen and oxygen atoms in total. The summed E-state index contributed by atoms with van der Waals surface area (Å²) in [5.74, 6) is -0.0556. The van der Waals surface area contributed by atoms with Crippen molar-refractivity contribution in [3.63, 3.8) is 0 Å². The summed E-state index contributed by atoms with van der Waals surface area (Å²) in [6, 6.07) is 0.465. The lowest BCUT2D eigenvalue weighted by Gasteiger charge is -2.09. The van der Waals surface area contributed by atoms with Crippen LogP contribution in [0, 0.1) is 0 Å². The van der Waals surface area contributed by atoms with Gasteiger partial charge in [-0.3, -0.25) is 4.79 Å². The van der Waals surface area contributed by atoms with Crippen LogP contribution in [0.3, 0.4) is 0 Å². The maximum Gasteiger partial charge on any atom is 0.245 e. The Kier molecular flexibility index (Phi) is 32.7. The number of hydrogen-bond donors (Lipinski definition) is 1. The molecule has 0 bridgehead atoms. The number of likely N-dealkylation sites (N-methyl/N-ethyl adjacent to an activating group) is 1. The highest BCUT2D eigenvalue weighted by Gasteiger charge is 2.00. The van der Waals surface area contributed by atoms with Gasteiger partial charge in [-0.1, -0.05) is 123 Å². The molecule has 0 aliphatic carbocycles. The van der Waals surface area contributed by atoms with E-state index < -0.39 is 0 Å². The molecule has 0 aliphatic heterocycles. The molecule has 1 amide bonds. The first-order chi connectivity index (χ1) is 14.0. The average molecular weight is 492 g/mol. The topological polar surface area (TPSA) is 46.3 Å². The minimum atomic E-state index is -0.0556. The number of carbonyl (C=O) groups excluding carboxylic acids is 1. The van der Waals surface area contributed by atoms with Crippen molar-refractivity contribution >= 4 is 22.9 Å². The predicted octanol–water partition coefficient (Wildman–Crippen LogP) is 8.21. The third-order valence-corrected chi connectivity index (χ3v) is 5.45. The molecule has 0 aromatic carbocycles. The zero-order chi connectivity index (χ0) is 22.2. The van der Waals surface area contributed by atoms with E-state index in [1.165, 1.54) is 127 Å². The summed E-state index contributed by atoms with van der Waals surface area (Å²) in [5, 5.41) is 0. The largest absolute Gasteiger partial charge is 0.345 e. The lowest BCUT2D eigenvalue weighted by atomic mass is 10.0. The first-order valence-corrected chi connectivity index (χ1v) is 12.6. The van der Waals surface area contributed by atoms with Crippen molar-refractivity contribution in [2.75, 3.05) is 14.1 Å². The predicted molar refractivity (Wildman–Crippen MR) is 142 cm³/mol. The standard InChI is InChI=1S/C21H45N.C5H9NO.BrH/c1-3-5-6-7-8-9-10-11-12-13-14-15-16-17-18-20-21(22)19-4-2;1-4-5(7)6(2)3;/h21H,3-20,22H2,1-2H3;4H,1H2,2-3H3;1H. The van der Waals surface area contributed by atoms with Gasteiger partial charge in [0.05, 0.1) is 0 Å². The summed E-state index contributed by atoms with van der Waals surface area (Å²) < 4.78 is 0. The summed E-state index contributed by atoms with van der Waals surface area (Å²) in [6.45, 7) is 7.81. The van der Waals surface area contributed by atoms with Crippen LogP contribution in [0.5, 0.6) is 0 Å². The van der Waals surface area contributed by atoms with Crippen molar-refractivity contribution in [2.45, 2.75) is 135 Å². The summed E-state index contributed by atoms with van der Waals surface area (Å²) in [4.78, 5) is 11.8. The Morgan fingerprint density at radius 3 is 1.37 bits per heavy atom. The number of halogens is 1. The highest BCUT2D eigenvalue weighted by molar-refractivity contribution is 8.93. The van der Waals surface area contributed by atoms with Crippen molar-refractivity contribution in [1.29, 1.82) is 0 Å². The summed E-state index contributed by atoms with van der Waals surface area (Å²) in [5.41, 5.74) is 6.04. The number of nitrogens with two attached hydrogens (primary N) is 1. The van der Waals surface area contributed by atoms with Crippen molar-refractivity contribution < 1.29 is 4.79 Å². The van der Waals surface area contributed by atoms with E-state index in [4.69, 9.17) is 5.73 Å². The summed E-state index contributed by atoms with van der Waals surface area (Å²) >= 11 is 0. The second-order valence-corrected chi connectivity index (χ2v) is 8.72. The molecule has 0 radical (unpaired) electrons. The fourth-order valence-corrected chi connectivity index (χ4v) is 3.48. The van der Waals surface area contributed by atoms with Gasteiger partial charge >= 0.3 is 0 Å². The number of nitrogens with zero attached hydrogens (tertiary/aromatic N) is 1. The first kappa shape index (κ1) is 34.3. The van der Waals surface area contributed by atoms with Gasteiger partial charge in [0.15, 0.2) is 0 Å². The molecule has 4 heteroatoms. The second-order valence-electron chi connectivity index (χ2n) is 8.72. The fraction of sp³-hybridized carbons (Fsp3) is 0.885. The molecule has 0 rings (SSSR count). The van der Waals surface area contributed by atoms with Crippen LogP contribution in [0.4, 0.5) is 0 Å². The van der Waals surface area contributed by atoms with Crippen LogP contribution in [0.15, 0.2) is 12.7 Å². The van der Waals surface area contributed by atoms with Gasteiger partial charge in [0.2, 0.25) is 5.91 Å². The molecule has 0 heterocycles. The normalized spacial score (nSPS) is 11.1. The molecule has 1 atom stereocenters. The number of rotatable bonds is 19. The highest BCUT2D eigenvalue weighted by Crippen LogP contribution is 2.14. The van der Waals surface area contributed by atoms with Crippen LogP contribution in [0.1, 0.15) is 129 Å². The molecule has 1 unspecified atom stereocenters. The molecular formula is C26H55BrN2O. The van der Waals surface area contributed by atoms with Crippen molar-refractivity contribution in [3.8, 4) is 0 Å². The van der Waals surface area contributed by atoms with Gasteiger partial charge < -0.3 is 10.6 Å². The minimum Gasteiger partial charge on any atom is -0.345 e. The molecule has 0 aromatic heterocycles. The molecule has 2 N–H and O–H groups in total. The first-order valence-electron chi connectivity index (χ1n) is 12.6. The van der Waals surface area contributed by atoms with E-state index in [1.54, 1.807) is 14.1 Å². The van der Waals surface area contributed by atoms with Gasteiger partial charge in [-0.15, -0.1) is 17.0 Å². The monoisotopic (exact) mass is 490 g/mol. The molecular weight excluding hydrogens is 436 g/mol. The molecule has 0 saturated carbocycles. The highest BCUT2D eigenvalue weighted by atomic mass is 79.9. The molecule has 0 fully saturated rings. The van der Waals surface area contributed by atoms with E-state index in [0.29, 0.717) is 6.04 Å². The average Bonchev–Trinajstić information content (AvgIpc) is 2.70. The van der Waals surface area contributed by atoms with E-state index in [9.17, 15) is 4.79 Å². The summed E-state index contributed by atoms with van der Waals surface area (Å²) in [6.07, 6.45) is 26.6. The van der Waals surface area contributed by atoms with Gasteiger partial charge in [0.25, 0.3) is 0 Å². The molecule has 0 aliphatic rings. The Labute approximate surface area is 200 Å². The number of hydrogen-bond acceptors (Lipinski definition) is 2. The fourth-order valence-electron chi connectivity index (χ4n) is 3.48. The van der Waals surface area contributed by atoms with E-state index in [2.05, 4.69) is 20.4 Å². The summed E-state index contributed by atoms with van der Waals surface area (Å²) in [7, 11) is 3.37. The Morgan fingerprint density at radius 2 is 1.10 bits per heavy atom. The Morgan fingerprint density at radius 1 is 0.733 bits per heavy atom. The van der Waals surface area contributed by atoms with Crippen LogP contribution >= 0.6 is 17.0 Å². The molecule has 0 saturated heterocycles. The number of amides is 1. The van der Waals surface area contributed by atoms with Crippen LogP contribution < -0.4 is 5.73 Å². The van der Waals surface area contributed by atoms with Gasteiger partial charge in [-0.05, 0) is 18.9 Å². The Bertz CT molecular complexity index is 348. The van der Waals surface area contributed by atoms with Gasteiger partial charge in [0.1, 0.15) is 0 Å². The van der Waals surface area contributed by atoms with Gasteiger partial charge in [-0.2, -0.15) is 0 Å². The van der Waals surface area contributed by atoms with Crippen molar-refractivity contribution in [3.05, 3.63) is 12.7 Å². The zero-order valence-electron chi connectivity index (χ0n) is 20.9. The van der Waals surface area contributed by atoms with Crippen molar-refractivity contribution in [1.82, 2.24) is 4.90 Å². The lowest BCUT2D eigenvalue weighted by Crippen LogP contribution is -2.18. The minimum absolute atomic E-state index is 0. The van der Waals surface area contributed by atoms with Gasteiger partial charge in [0, 0.05) is 20.1 Å². The molecule has 0 spiro atoms. The van der Waals surface area contributed by atoms with Gasteiger partial charge in [-0.25, -0.2) is 0 Å². The van der Waals surface area contributed by atoms with Crippen LogP contribution in [0.2, 0.25) is 0 Å². The lowest BCUT2D eigenvalue weighted by molar-refractivity contribution is -0.123. The van der Waals surface area contributed by atoms with Crippen LogP contribution in [-0.4, -0.2) is 30.9 Å². The molecule has 30 heavy (non-hydrogen) atoms. The van der Waals surface area contributed by atoms with E-state index in [1.807, 2.05) is 0 Å². The van der Waals surface area contributed by atoms with Crippen LogP contribution in [-0.2, 0) is 4.79 Å². The second kappa shape index (κ2) is 28.6. The Hall–Kier alpha value is -0.350.